The van der Waals surface area contributed by atoms with Crippen molar-refractivity contribution in [2.45, 2.75) is 58.0 Å². The maximum atomic E-state index is 13.8. The number of carbonyl (C=O) groups is 2. The molecule has 2 aromatic rings. The highest BCUT2D eigenvalue weighted by Gasteiger charge is 2.65. The average molecular weight is 560 g/mol. The molecule has 0 aliphatic carbocycles. The van der Waals surface area contributed by atoms with E-state index in [0.717, 1.165) is 26.9 Å². The fourth-order valence-corrected chi connectivity index (χ4v) is 6.97. The summed E-state index contributed by atoms with van der Waals surface area (Å²) in [7, 11) is 1.73. The molecular formula is C28H35BrN2O5. The van der Waals surface area contributed by atoms with E-state index in [4.69, 9.17) is 4.74 Å². The summed E-state index contributed by atoms with van der Waals surface area (Å²) in [6.45, 7) is 7.69. The number of fused-ring (bicyclic) bond motifs is 2. The van der Waals surface area contributed by atoms with Crippen LogP contribution in [-0.4, -0.2) is 58.8 Å². The molecule has 0 saturated carbocycles. The van der Waals surface area contributed by atoms with Crippen LogP contribution in [0.1, 0.15) is 43.9 Å². The van der Waals surface area contributed by atoms with Gasteiger partial charge in [0, 0.05) is 42.0 Å². The Morgan fingerprint density at radius 3 is 2.53 bits per heavy atom. The van der Waals surface area contributed by atoms with Crippen molar-refractivity contribution < 1.29 is 24.5 Å². The van der Waals surface area contributed by atoms with Crippen LogP contribution in [0.25, 0.3) is 0 Å². The molecule has 1 spiro atoms. The van der Waals surface area contributed by atoms with Crippen molar-refractivity contribution in [3.8, 4) is 0 Å². The van der Waals surface area contributed by atoms with Gasteiger partial charge in [-0.3, -0.25) is 9.59 Å². The molecule has 0 bridgehead atoms. The molecule has 2 amide bonds. The highest BCUT2D eigenvalue weighted by molar-refractivity contribution is 9.10. The molecule has 0 aromatic heterocycles. The minimum absolute atomic E-state index is 0.00705. The first-order valence-electron chi connectivity index (χ1n) is 12.3. The highest BCUT2D eigenvalue weighted by Crippen LogP contribution is 2.58. The van der Waals surface area contributed by atoms with E-state index in [1.165, 1.54) is 0 Å². The Morgan fingerprint density at radius 2 is 1.92 bits per heavy atom. The number of halogens is 1. The summed E-state index contributed by atoms with van der Waals surface area (Å²) >= 11 is 3.61. The zero-order chi connectivity index (χ0) is 26.4. The Morgan fingerprint density at radius 1 is 1.25 bits per heavy atom. The number of anilines is 1. The number of ether oxygens (including phenoxy) is 1. The molecule has 4 atom stereocenters. The van der Waals surface area contributed by atoms with Crippen LogP contribution < -0.4 is 4.90 Å². The van der Waals surface area contributed by atoms with Crippen LogP contribution in [0.2, 0.25) is 0 Å². The van der Waals surface area contributed by atoms with Crippen LogP contribution in [0, 0.1) is 18.8 Å². The summed E-state index contributed by atoms with van der Waals surface area (Å²) in [5, 5.41) is 20.8. The lowest BCUT2D eigenvalue weighted by atomic mass is 9.70. The smallest absolute Gasteiger partial charge is 0.264 e. The number of hydrogen-bond donors (Lipinski definition) is 2. The van der Waals surface area contributed by atoms with Gasteiger partial charge < -0.3 is 24.7 Å². The van der Waals surface area contributed by atoms with E-state index >= 15 is 0 Å². The van der Waals surface area contributed by atoms with E-state index in [1.54, 1.807) is 30.7 Å². The lowest BCUT2D eigenvalue weighted by Crippen LogP contribution is -2.46. The van der Waals surface area contributed by atoms with Gasteiger partial charge in [-0.1, -0.05) is 43.3 Å². The zero-order valence-corrected chi connectivity index (χ0v) is 23.1. The third kappa shape index (κ3) is 4.49. The van der Waals surface area contributed by atoms with E-state index in [2.05, 4.69) is 15.9 Å². The molecule has 4 rings (SSSR count). The number of rotatable bonds is 7. The third-order valence-corrected chi connectivity index (χ3v) is 8.22. The predicted octanol–water partition coefficient (Wildman–Crippen LogP) is 3.76. The Hall–Kier alpha value is -2.26. The summed E-state index contributed by atoms with van der Waals surface area (Å²) < 4.78 is 7.45. The molecule has 0 unspecified atom stereocenters. The molecule has 2 aliphatic heterocycles. The Bertz CT molecular complexity index is 1150. The molecule has 2 N–H and O–H groups in total. The van der Waals surface area contributed by atoms with Crippen LogP contribution in [-0.2, 0) is 26.5 Å². The van der Waals surface area contributed by atoms with Crippen molar-refractivity contribution >= 4 is 33.4 Å². The van der Waals surface area contributed by atoms with Crippen LogP contribution in [0.3, 0.4) is 0 Å². The van der Waals surface area contributed by atoms with Gasteiger partial charge in [-0.05, 0) is 53.9 Å². The van der Waals surface area contributed by atoms with Crippen molar-refractivity contribution in [2.75, 3.05) is 25.1 Å². The van der Waals surface area contributed by atoms with E-state index in [0.29, 0.717) is 6.54 Å². The maximum absolute atomic E-state index is 13.8. The van der Waals surface area contributed by atoms with Crippen molar-refractivity contribution in [1.29, 1.82) is 0 Å². The fraction of sp³-hybridized carbons (Fsp3) is 0.500. The van der Waals surface area contributed by atoms with Crippen molar-refractivity contribution in [3.63, 3.8) is 0 Å². The second kappa shape index (κ2) is 9.89. The lowest BCUT2D eigenvalue weighted by Gasteiger charge is -2.34. The number of benzene rings is 2. The largest absolute Gasteiger partial charge is 0.395 e. The normalized spacial score (nSPS) is 25.5. The quantitative estimate of drug-likeness (QED) is 0.540. The summed E-state index contributed by atoms with van der Waals surface area (Å²) in [5.74, 6) is -1.25. The molecule has 194 valence electrons. The molecule has 0 radical (unpaired) electrons. The molecule has 1 saturated heterocycles. The van der Waals surface area contributed by atoms with Crippen molar-refractivity contribution in [1.82, 2.24) is 4.90 Å². The van der Waals surface area contributed by atoms with Gasteiger partial charge in [-0.2, -0.15) is 0 Å². The maximum Gasteiger partial charge on any atom is 0.264 e. The number of amides is 2. The summed E-state index contributed by atoms with van der Waals surface area (Å²) in [6, 6.07) is 13.5. The van der Waals surface area contributed by atoms with Gasteiger partial charge in [-0.25, -0.2) is 0 Å². The Labute approximate surface area is 221 Å². The van der Waals surface area contributed by atoms with Gasteiger partial charge in [0.25, 0.3) is 5.91 Å². The molecule has 2 aromatic carbocycles. The standard InChI is InChI=1S/C28H35BrN2O5/c1-17-13-20-25(21(29)14-17)30(5)26(34)28(20)18(2)24(27(3,4)35)22(36-28)15-23(33)31(11-12-32)16-19-9-7-6-8-10-19/h6-10,13-14,18,22,24,32,35H,11-12,15-16H2,1-5H3/t18-,22+,24-,28+/m1/s1. The number of aliphatic hydroxyl groups is 2. The number of likely N-dealkylation sites (N-methyl/N-ethyl adjacent to an activating group) is 1. The van der Waals surface area contributed by atoms with Crippen LogP contribution in [0.15, 0.2) is 46.9 Å². The molecule has 8 heteroatoms. The number of aliphatic hydroxyl groups excluding tert-OH is 1. The summed E-state index contributed by atoms with van der Waals surface area (Å²) in [4.78, 5) is 30.5. The topological polar surface area (TPSA) is 90.3 Å². The molecule has 1 fully saturated rings. The summed E-state index contributed by atoms with van der Waals surface area (Å²) in [6.07, 6.45) is -0.695. The van der Waals surface area contributed by atoms with E-state index in [1.807, 2.05) is 56.3 Å². The predicted molar refractivity (Wildman–Crippen MR) is 141 cm³/mol. The molecule has 36 heavy (non-hydrogen) atoms. The zero-order valence-electron chi connectivity index (χ0n) is 21.5. The van der Waals surface area contributed by atoms with Crippen LogP contribution in [0.5, 0.6) is 0 Å². The van der Waals surface area contributed by atoms with Gasteiger partial charge in [0.15, 0.2) is 5.60 Å². The molecule has 2 aliphatic rings. The fourth-order valence-electron chi connectivity index (χ4n) is 6.13. The van der Waals surface area contributed by atoms with Crippen molar-refractivity contribution in [2.24, 2.45) is 11.8 Å². The van der Waals surface area contributed by atoms with E-state index in [-0.39, 0.29) is 37.3 Å². The Kier molecular flexibility index (Phi) is 7.36. The monoisotopic (exact) mass is 558 g/mol. The minimum Gasteiger partial charge on any atom is -0.395 e. The van der Waals surface area contributed by atoms with Gasteiger partial charge in [-0.15, -0.1) is 0 Å². The van der Waals surface area contributed by atoms with Crippen LogP contribution in [0.4, 0.5) is 5.69 Å². The minimum atomic E-state index is -1.30. The van der Waals surface area contributed by atoms with Crippen molar-refractivity contribution in [3.05, 3.63) is 63.6 Å². The molecule has 7 nitrogen and oxygen atoms in total. The van der Waals surface area contributed by atoms with Gasteiger partial charge in [0.2, 0.25) is 5.91 Å². The number of aryl methyl sites for hydroxylation is 1. The van der Waals surface area contributed by atoms with Crippen LogP contribution >= 0.6 is 15.9 Å². The lowest BCUT2D eigenvalue weighted by molar-refractivity contribution is -0.150. The summed E-state index contributed by atoms with van der Waals surface area (Å²) in [5.41, 5.74) is 0.959. The SMILES string of the molecule is Cc1cc(Br)c2c(c1)[C@]1(O[C@@H](CC(=O)N(CCO)Cc3ccccc3)[C@H](C(C)(C)O)[C@H]1C)C(=O)N2C. The van der Waals surface area contributed by atoms with Gasteiger partial charge >= 0.3 is 0 Å². The third-order valence-electron chi connectivity index (χ3n) is 7.61. The molecule has 2 heterocycles. The first kappa shape index (κ1) is 26.8. The molecular weight excluding hydrogens is 524 g/mol. The second-order valence-corrected chi connectivity index (χ2v) is 11.5. The Balaban J connectivity index is 1.71. The number of carbonyl (C=O) groups excluding carboxylic acids is 2. The number of hydrogen-bond acceptors (Lipinski definition) is 5. The second-order valence-electron chi connectivity index (χ2n) is 10.6. The average Bonchev–Trinajstić information content (AvgIpc) is 3.21. The number of nitrogens with zero attached hydrogens (tertiary/aromatic N) is 2. The van der Waals surface area contributed by atoms with E-state index in [9.17, 15) is 19.8 Å². The first-order valence-corrected chi connectivity index (χ1v) is 13.1. The van der Waals surface area contributed by atoms with E-state index < -0.39 is 23.2 Å². The van der Waals surface area contributed by atoms with Gasteiger partial charge in [0.1, 0.15) is 0 Å². The first-order chi connectivity index (χ1) is 16.9. The highest BCUT2D eigenvalue weighted by atomic mass is 79.9. The van der Waals surface area contributed by atoms with Gasteiger partial charge in [0.05, 0.1) is 30.4 Å².